The maximum atomic E-state index is 12.3. The van der Waals surface area contributed by atoms with Gasteiger partial charge in [-0.1, -0.05) is 27.2 Å². The van der Waals surface area contributed by atoms with Gasteiger partial charge in [-0.3, -0.25) is 4.79 Å². The van der Waals surface area contributed by atoms with Gasteiger partial charge in [0.2, 0.25) is 5.91 Å². The number of carbonyl (C=O) groups excluding carboxylic acids is 2. The lowest BCUT2D eigenvalue weighted by atomic mass is 9.75. The van der Waals surface area contributed by atoms with Gasteiger partial charge >= 0.3 is 6.09 Å². The van der Waals surface area contributed by atoms with Crippen LogP contribution in [0.4, 0.5) is 4.79 Å². The summed E-state index contributed by atoms with van der Waals surface area (Å²) in [5.41, 5.74) is 0. The van der Waals surface area contributed by atoms with E-state index in [1.807, 2.05) is 0 Å². The summed E-state index contributed by atoms with van der Waals surface area (Å²) < 4.78 is 28.6. The third-order valence-corrected chi connectivity index (χ3v) is 5.58. The maximum absolute atomic E-state index is 12.3. The lowest BCUT2D eigenvalue weighted by molar-refractivity contribution is -0.122. The summed E-state index contributed by atoms with van der Waals surface area (Å²) in [6.07, 6.45) is 2.69. The van der Waals surface area contributed by atoms with Crippen LogP contribution in [0, 0.1) is 29.1 Å². The van der Waals surface area contributed by atoms with E-state index >= 15 is 0 Å². The van der Waals surface area contributed by atoms with Gasteiger partial charge < -0.3 is 15.4 Å². The van der Waals surface area contributed by atoms with Gasteiger partial charge in [-0.2, -0.15) is 5.26 Å². The molecule has 4 atom stereocenters. The number of nitriles is 1. The number of hydrogen-bond donors (Lipinski definition) is 2. The average Bonchev–Trinajstić information content (AvgIpc) is 2.50. The zero-order valence-electron chi connectivity index (χ0n) is 15.8. The molecule has 0 aromatic carbocycles. The molecular weight excluding hydrogens is 358 g/mol. The minimum atomic E-state index is -3.52. The lowest BCUT2D eigenvalue weighted by Gasteiger charge is -2.36. The van der Waals surface area contributed by atoms with Gasteiger partial charge in [-0.05, 0) is 30.6 Å². The monoisotopic (exact) mass is 387 g/mol. The van der Waals surface area contributed by atoms with Crippen LogP contribution in [0.2, 0.25) is 0 Å². The molecule has 9 heteroatoms. The topological polar surface area (TPSA) is 125 Å². The van der Waals surface area contributed by atoms with Crippen molar-refractivity contribution in [2.45, 2.75) is 52.2 Å². The third-order valence-electron chi connectivity index (χ3n) is 4.64. The van der Waals surface area contributed by atoms with Crippen molar-refractivity contribution in [3.8, 4) is 6.07 Å². The molecule has 0 radical (unpaired) electrons. The molecule has 1 saturated carbocycles. The highest BCUT2D eigenvalue weighted by Gasteiger charge is 2.34. The van der Waals surface area contributed by atoms with Crippen LogP contribution >= 0.6 is 0 Å². The number of carbonyl (C=O) groups is 2. The predicted molar refractivity (Wildman–Crippen MR) is 96.9 cm³/mol. The zero-order chi connectivity index (χ0) is 19.9. The number of ether oxygens (including phenoxy) is 1. The molecule has 0 aliphatic heterocycles. The minimum Gasteiger partial charge on any atom is -0.446 e. The molecule has 4 unspecified atom stereocenters. The van der Waals surface area contributed by atoms with Crippen LogP contribution in [0.25, 0.3) is 0 Å². The standard InChI is InChI=1S/C17H29N3O5S/c1-11(2)13-6-5-12(3)9-15(13)25-17(22)20-14(10-26(4,23)24)16(21)19-8-7-18/h11-15H,5-6,8-10H2,1-4H3,(H,19,21)(H,20,22). The molecule has 2 amide bonds. The molecule has 26 heavy (non-hydrogen) atoms. The fraction of sp³-hybridized carbons (Fsp3) is 0.824. The minimum absolute atomic E-state index is 0.234. The highest BCUT2D eigenvalue weighted by atomic mass is 32.2. The van der Waals surface area contributed by atoms with E-state index in [1.165, 1.54) is 0 Å². The molecule has 8 nitrogen and oxygen atoms in total. The van der Waals surface area contributed by atoms with Crippen molar-refractivity contribution in [3.05, 3.63) is 0 Å². The summed E-state index contributed by atoms with van der Waals surface area (Å²) in [7, 11) is -3.52. The average molecular weight is 388 g/mol. The zero-order valence-corrected chi connectivity index (χ0v) is 16.6. The van der Waals surface area contributed by atoms with Crippen LogP contribution in [0.1, 0.15) is 40.0 Å². The Kier molecular flexibility index (Phi) is 8.34. The number of alkyl carbamates (subject to hydrolysis) is 1. The van der Waals surface area contributed by atoms with Gasteiger partial charge in [0, 0.05) is 6.26 Å². The molecular formula is C17H29N3O5S. The summed E-state index contributed by atoms with van der Waals surface area (Å²) in [5.74, 6) is -0.266. The number of nitrogens with one attached hydrogen (secondary N) is 2. The summed E-state index contributed by atoms with van der Waals surface area (Å²) in [4.78, 5) is 24.3. The van der Waals surface area contributed by atoms with E-state index < -0.39 is 33.6 Å². The van der Waals surface area contributed by atoms with Gasteiger partial charge in [0.15, 0.2) is 0 Å². The second kappa shape index (κ2) is 9.76. The largest absolute Gasteiger partial charge is 0.446 e. The third kappa shape index (κ3) is 7.60. The van der Waals surface area contributed by atoms with Crippen LogP contribution in [0.5, 0.6) is 0 Å². The molecule has 1 aliphatic carbocycles. The van der Waals surface area contributed by atoms with Crippen molar-refractivity contribution in [2.24, 2.45) is 17.8 Å². The molecule has 1 fully saturated rings. The first-order chi connectivity index (χ1) is 12.0. The first-order valence-corrected chi connectivity index (χ1v) is 10.9. The van der Waals surface area contributed by atoms with E-state index in [1.54, 1.807) is 6.07 Å². The molecule has 1 rings (SSSR count). The normalized spacial score (nSPS) is 24.4. The van der Waals surface area contributed by atoms with E-state index in [-0.39, 0.29) is 18.6 Å². The Morgan fingerprint density at radius 3 is 2.50 bits per heavy atom. The van der Waals surface area contributed by atoms with Gasteiger partial charge in [0.25, 0.3) is 0 Å². The lowest BCUT2D eigenvalue weighted by Crippen LogP contribution is -2.51. The highest BCUT2D eigenvalue weighted by molar-refractivity contribution is 7.90. The van der Waals surface area contributed by atoms with Crippen molar-refractivity contribution < 1.29 is 22.7 Å². The Morgan fingerprint density at radius 1 is 1.31 bits per heavy atom. The van der Waals surface area contributed by atoms with Gasteiger partial charge in [0.1, 0.15) is 28.5 Å². The number of nitrogens with zero attached hydrogens (tertiary/aromatic N) is 1. The van der Waals surface area contributed by atoms with Crippen LogP contribution in [-0.4, -0.2) is 51.1 Å². The Morgan fingerprint density at radius 2 is 1.96 bits per heavy atom. The Hall–Kier alpha value is -1.82. The smallest absolute Gasteiger partial charge is 0.408 e. The Balaban J connectivity index is 2.78. The van der Waals surface area contributed by atoms with Gasteiger partial charge in [-0.25, -0.2) is 13.2 Å². The quantitative estimate of drug-likeness (QED) is 0.633. The molecule has 1 aliphatic rings. The van der Waals surface area contributed by atoms with Gasteiger partial charge in [0.05, 0.1) is 11.8 Å². The number of hydrogen-bond acceptors (Lipinski definition) is 6. The molecule has 0 aromatic rings. The molecule has 0 aromatic heterocycles. The van der Waals surface area contributed by atoms with Crippen molar-refractivity contribution in [2.75, 3.05) is 18.6 Å². The molecule has 148 valence electrons. The molecule has 0 spiro atoms. The van der Waals surface area contributed by atoms with Crippen LogP contribution in [0.15, 0.2) is 0 Å². The Bertz CT molecular complexity index is 641. The van der Waals surface area contributed by atoms with Crippen LogP contribution < -0.4 is 10.6 Å². The SMILES string of the molecule is CC1CCC(C(C)C)C(OC(=O)NC(CS(C)(=O)=O)C(=O)NCC#N)C1. The van der Waals surface area contributed by atoms with Crippen molar-refractivity contribution in [3.63, 3.8) is 0 Å². The number of sulfone groups is 1. The van der Waals surface area contributed by atoms with Crippen molar-refractivity contribution in [1.29, 1.82) is 5.26 Å². The molecule has 2 N–H and O–H groups in total. The van der Waals surface area contributed by atoms with E-state index in [4.69, 9.17) is 10.00 Å². The first-order valence-electron chi connectivity index (χ1n) is 8.83. The van der Waals surface area contributed by atoms with E-state index in [2.05, 4.69) is 31.4 Å². The Labute approximate surface area is 155 Å². The summed E-state index contributed by atoms with van der Waals surface area (Å²) in [6.45, 7) is 5.99. The highest BCUT2D eigenvalue weighted by Crippen LogP contribution is 2.35. The summed E-state index contributed by atoms with van der Waals surface area (Å²) in [5, 5.41) is 13.1. The first kappa shape index (κ1) is 22.2. The van der Waals surface area contributed by atoms with E-state index in [0.717, 1.165) is 25.5 Å². The second-order valence-corrected chi connectivity index (χ2v) is 9.62. The van der Waals surface area contributed by atoms with E-state index in [9.17, 15) is 18.0 Å². The van der Waals surface area contributed by atoms with Crippen LogP contribution in [-0.2, 0) is 19.4 Å². The van der Waals surface area contributed by atoms with Gasteiger partial charge in [-0.15, -0.1) is 0 Å². The van der Waals surface area contributed by atoms with Crippen LogP contribution in [0.3, 0.4) is 0 Å². The fourth-order valence-corrected chi connectivity index (χ4v) is 4.14. The number of amides is 2. The maximum Gasteiger partial charge on any atom is 0.408 e. The summed E-state index contributed by atoms with van der Waals surface area (Å²) >= 11 is 0. The van der Waals surface area contributed by atoms with E-state index in [0.29, 0.717) is 11.8 Å². The van der Waals surface area contributed by atoms with Crippen molar-refractivity contribution in [1.82, 2.24) is 10.6 Å². The molecule has 0 bridgehead atoms. The second-order valence-electron chi connectivity index (χ2n) is 7.44. The molecule has 0 heterocycles. The summed E-state index contributed by atoms with van der Waals surface area (Å²) in [6, 6.07) is 0.432. The predicted octanol–water partition coefficient (Wildman–Crippen LogP) is 1.23. The number of rotatable bonds is 7. The molecule has 0 saturated heterocycles. The fourth-order valence-electron chi connectivity index (χ4n) is 3.30. The van der Waals surface area contributed by atoms with Crippen molar-refractivity contribution >= 4 is 21.8 Å².